The molecule has 1 heterocycles. The average molecular weight is 274 g/mol. The first-order valence-corrected chi connectivity index (χ1v) is 5.77. The molecule has 62 valence electrons. The van der Waals surface area contributed by atoms with Gasteiger partial charge in [0, 0.05) is 20.1 Å². The summed E-state index contributed by atoms with van der Waals surface area (Å²) in [5.41, 5.74) is 1.14. The third kappa shape index (κ3) is 1.92. The van der Waals surface area contributed by atoms with Gasteiger partial charge in [0.15, 0.2) is 0 Å². The van der Waals surface area contributed by atoms with Crippen LogP contribution in [0, 0.1) is 6.92 Å². The van der Waals surface area contributed by atoms with Crippen molar-refractivity contribution in [1.29, 1.82) is 0 Å². The predicted octanol–water partition coefficient (Wildman–Crippen LogP) is 4.30. The van der Waals surface area contributed by atoms with Gasteiger partial charge in [0.05, 0.1) is 5.88 Å². The van der Waals surface area contributed by atoms with E-state index in [9.17, 15) is 0 Å². The van der Waals surface area contributed by atoms with E-state index in [1.807, 2.05) is 0 Å². The van der Waals surface area contributed by atoms with Gasteiger partial charge in [-0.15, -0.1) is 34.5 Å². The second-order valence-corrected chi connectivity index (χ2v) is 4.78. The molecule has 0 aliphatic carbocycles. The molecule has 1 rings (SSSR count). The number of hydrogen-bond acceptors (Lipinski definition) is 1. The zero-order valence-electron chi connectivity index (χ0n) is 5.96. The molecule has 1 aromatic heterocycles. The van der Waals surface area contributed by atoms with Crippen LogP contribution in [-0.2, 0) is 11.8 Å². The van der Waals surface area contributed by atoms with E-state index in [0.717, 1.165) is 10.0 Å². The molecule has 0 unspecified atom stereocenters. The molecule has 11 heavy (non-hydrogen) atoms. The lowest BCUT2D eigenvalue weighted by Crippen LogP contribution is -1.80. The van der Waals surface area contributed by atoms with Crippen molar-refractivity contribution >= 4 is 50.5 Å². The molecular weight excluding hydrogens is 267 g/mol. The van der Waals surface area contributed by atoms with Gasteiger partial charge in [-0.3, -0.25) is 0 Å². The van der Waals surface area contributed by atoms with Gasteiger partial charge in [-0.25, -0.2) is 0 Å². The molecule has 4 heteroatoms. The van der Waals surface area contributed by atoms with Gasteiger partial charge in [0.25, 0.3) is 0 Å². The minimum atomic E-state index is 0.535. The highest BCUT2D eigenvalue weighted by atomic mass is 79.9. The number of alkyl halides is 2. The summed E-state index contributed by atoms with van der Waals surface area (Å²) in [5.74, 6) is 1.09. The Kier molecular flexibility index (Phi) is 3.69. The highest BCUT2D eigenvalue weighted by molar-refractivity contribution is 9.10. The number of aryl methyl sites for hydroxylation is 1. The van der Waals surface area contributed by atoms with E-state index in [-0.39, 0.29) is 0 Å². The smallest absolute Gasteiger partial charge is 0.0571 e. The van der Waals surface area contributed by atoms with Crippen molar-refractivity contribution in [3.8, 4) is 0 Å². The van der Waals surface area contributed by atoms with Crippen molar-refractivity contribution in [3.05, 3.63) is 19.8 Å². The van der Waals surface area contributed by atoms with E-state index < -0.39 is 0 Å². The number of thiophene rings is 1. The van der Waals surface area contributed by atoms with Crippen LogP contribution in [0.1, 0.15) is 15.3 Å². The van der Waals surface area contributed by atoms with Crippen LogP contribution in [-0.4, -0.2) is 0 Å². The lowest BCUT2D eigenvalue weighted by atomic mass is 10.3. The van der Waals surface area contributed by atoms with E-state index >= 15 is 0 Å². The SMILES string of the molecule is Cc1sc(CCl)c(CCl)c1Br. The molecule has 0 aromatic carbocycles. The molecule has 0 N–H and O–H groups in total. The summed E-state index contributed by atoms with van der Waals surface area (Å²) in [4.78, 5) is 2.42. The molecule has 0 amide bonds. The largest absolute Gasteiger partial charge is 0.143 e. The van der Waals surface area contributed by atoms with Crippen molar-refractivity contribution in [1.82, 2.24) is 0 Å². The normalized spacial score (nSPS) is 10.5. The topological polar surface area (TPSA) is 0 Å². The first kappa shape index (κ1) is 9.85. The molecule has 0 nitrogen and oxygen atoms in total. The average Bonchev–Trinajstić information content (AvgIpc) is 2.28. The number of hydrogen-bond donors (Lipinski definition) is 0. The fourth-order valence-electron chi connectivity index (χ4n) is 0.867. The Labute approximate surface area is 88.6 Å². The second-order valence-electron chi connectivity index (χ2n) is 2.14. The Morgan fingerprint density at radius 1 is 1.36 bits per heavy atom. The lowest BCUT2D eigenvalue weighted by molar-refractivity contribution is 1.32. The van der Waals surface area contributed by atoms with Crippen LogP contribution in [0.3, 0.4) is 0 Å². The highest BCUT2D eigenvalue weighted by Gasteiger charge is 2.11. The molecule has 1 aromatic rings. The van der Waals surface area contributed by atoms with Gasteiger partial charge in [-0.1, -0.05) is 0 Å². The first-order valence-electron chi connectivity index (χ1n) is 3.09. The van der Waals surface area contributed by atoms with Crippen LogP contribution in [0.2, 0.25) is 0 Å². The van der Waals surface area contributed by atoms with Crippen LogP contribution in [0.15, 0.2) is 4.47 Å². The van der Waals surface area contributed by atoms with E-state index in [2.05, 4.69) is 22.9 Å². The summed E-state index contributed by atoms with van der Waals surface area (Å²) in [6.45, 7) is 2.06. The molecule has 0 bridgehead atoms. The molecule has 0 spiro atoms. The minimum absolute atomic E-state index is 0.535. The maximum Gasteiger partial charge on any atom is 0.0571 e. The third-order valence-corrected chi connectivity index (χ3v) is 4.62. The molecule has 0 atom stereocenters. The van der Waals surface area contributed by atoms with Gasteiger partial charge in [0.1, 0.15) is 0 Å². The van der Waals surface area contributed by atoms with Crippen LogP contribution >= 0.6 is 50.5 Å². The molecule has 0 saturated heterocycles. The zero-order valence-corrected chi connectivity index (χ0v) is 9.87. The van der Waals surface area contributed by atoms with Crippen molar-refractivity contribution in [2.24, 2.45) is 0 Å². The van der Waals surface area contributed by atoms with Gasteiger partial charge in [-0.2, -0.15) is 0 Å². The lowest BCUT2D eigenvalue weighted by Gasteiger charge is -1.94. The fourth-order valence-corrected chi connectivity index (χ4v) is 3.42. The van der Waals surface area contributed by atoms with E-state index in [0.29, 0.717) is 11.8 Å². The molecular formula is C7H7BrCl2S. The minimum Gasteiger partial charge on any atom is -0.143 e. The van der Waals surface area contributed by atoms with E-state index in [1.54, 1.807) is 11.3 Å². The molecule has 0 aliphatic heterocycles. The summed E-state index contributed by atoms with van der Waals surface area (Å²) in [5, 5.41) is 0. The zero-order chi connectivity index (χ0) is 8.43. The Morgan fingerprint density at radius 3 is 2.36 bits per heavy atom. The summed E-state index contributed by atoms with van der Waals surface area (Å²) < 4.78 is 1.12. The highest BCUT2D eigenvalue weighted by Crippen LogP contribution is 2.34. The third-order valence-electron chi connectivity index (χ3n) is 1.44. The number of halogens is 3. The van der Waals surface area contributed by atoms with Crippen LogP contribution < -0.4 is 0 Å². The second kappa shape index (κ2) is 4.13. The Hall–Kier alpha value is 0.760. The van der Waals surface area contributed by atoms with E-state index in [1.165, 1.54) is 9.75 Å². The van der Waals surface area contributed by atoms with Crippen molar-refractivity contribution < 1.29 is 0 Å². The van der Waals surface area contributed by atoms with Crippen LogP contribution in [0.25, 0.3) is 0 Å². The maximum atomic E-state index is 5.75. The van der Waals surface area contributed by atoms with Crippen molar-refractivity contribution in [3.63, 3.8) is 0 Å². The molecule has 0 aliphatic rings. The van der Waals surface area contributed by atoms with Gasteiger partial charge in [0.2, 0.25) is 0 Å². The quantitative estimate of drug-likeness (QED) is 0.705. The fraction of sp³-hybridized carbons (Fsp3) is 0.429. The summed E-state index contributed by atoms with van der Waals surface area (Å²) in [7, 11) is 0. The standard InChI is InChI=1S/C7H7BrCl2S/c1-4-7(8)5(2-9)6(3-10)11-4/h2-3H2,1H3. The Bertz CT molecular complexity index is 257. The van der Waals surface area contributed by atoms with Crippen LogP contribution in [0.4, 0.5) is 0 Å². The van der Waals surface area contributed by atoms with Crippen molar-refractivity contribution in [2.45, 2.75) is 18.7 Å². The van der Waals surface area contributed by atoms with Gasteiger partial charge in [-0.05, 0) is 28.4 Å². The van der Waals surface area contributed by atoms with Gasteiger partial charge < -0.3 is 0 Å². The Morgan fingerprint density at radius 2 is 2.00 bits per heavy atom. The molecule has 0 saturated carbocycles. The summed E-state index contributed by atoms with van der Waals surface area (Å²) in [6.07, 6.45) is 0. The molecule has 0 fully saturated rings. The summed E-state index contributed by atoms with van der Waals surface area (Å²) >= 11 is 16.6. The number of rotatable bonds is 2. The Balaban J connectivity index is 3.15. The first-order chi connectivity index (χ1) is 5.20. The van der Waals surface area contributed by atoms with Crippen molar-refractivity contribution in [2.75, 3.05) is 0 Å². The maximum absolute atomic E-state index is 5.75. The van der Waals surface area contributed by atoms with Gasteiger partial charge >= 0.3 is 0 Å². The van der Waals surface area contributed by atoms with Crippen LogP contribution in [0.5, 0.6) is 0 Å². The monoisotopic (exact) mass is 272 g/mol. The molecule has 0 radical (unpaired) electrons. The summed E-state index contributed by atoms with van der Waals surface area (Å²) in [6, 6.07) is 0. The predicted molar refractivity (Wildman–Crippen MR) is 55.9 cm³/mol. The van der Waals surface area contributed by atoms with E-state index in [4.69, 9.17) is 23.2 Å².